The molecule has 0 saturated heterocycles. The van der Waals surface area contributed by atoms with Crippen LogP contribution in [0.4, 0.5) is 25.2 Å². The number of rotatable bonds is 4. The van der Waals surface area contributed by atoms with Crippen LogP contribution in [0.15, 0.2) is 158 Å². The SMILES string of the molecule is ClCCl.F[P-](F)(F)(F)(F)F.[B-]1[P+](c2ccccc2)(c2ccccc2)c2cccc3cccc(c23)[P+]1(c1ccccc1)c1ccccc1. The van der Waals surface area contributed by atoms with Gasteiger partial charge >= 0.3 is 33.0 Å². The van der Waals surface area contributed by atoms with E-state index in [4.69, 9.17) is 23.2 Å². The Morgan fingerprint density at radius 1 is 0.426 bits per heavy atom. The van der Waals surface area contributed by atoms with Crippen molar-refractivity contribution in [2.75, 3.05) is 5.34 Å². The molecule has 47 heavy (non-hydrogen) atoms. The molecule has 0 aromatic heterocycles. The summed E-state index contributed by atoms with van der Waals surface area (Å²) in [7, 11) is -14.9. The molecule has 0 unspecified atom stereocenters. The van der Waals surface area contributed by atoms with Crippen molar-refractivity contribution in [2.45, 2.75) is 0 Å². The largest absolute Gasteiger partial charge is 0.206 e. The molecule has 1 aliphatic heterocycles. The van der Waals surface area contributed by atoms with Crippen molar-refractivity contribution < 1.29 is 25.2 Å². The molecule has 0 aliphatic carbocycles. The third-order valence-electron chi connectivity index (χ3n) is 7.62. The van der Waals surface area contributed by atoms with Crippen LogP contribution in [0.25, 0.3) is 10.8 Å². The van der Waals surface area contributed by atoms with Gasteiger partial charge in [0.2, 0.25) is 6.72 Å². The fourth-order valence-electron chi connectivity index (χ4n) is 6.05. The summed E-state index contributed by atoms with van der Waals surface area (Å²) >= 11 is 9.53. The number of benzene rings is 6. The summed E-state index contributed by atoms with van der Waals surface area (Å²) in [6.45, 7) is 2.85. The Labute approximate surface area is 281 Å². The molecule has 6 aromatic carbocycles. The average molecular weight is 737 g/mol. The molecule has 0 fully saturated rings. The zero-order valence-electron chi connectivity index (χ0n) is 24.7. The second-order valence-corrected chi connectivity index (χ2v) is 20.2. The van der Waals surface area contributed by atoms with E-state index in [0.717, 1.165) is 0 Å². The maximum atomic E-state index is 9.87. The van der Waals surface area contributed by atoms with Crippen molar-refractivity contribution in [1.29, 1.82) is 0 Å². The average Bonchev–Trinajstić information content (AvgIpc) is 3.06. The van der Waals surface area contributed by atoms with Gasteiger partial charge in [-0.15, -0.1) is 23.2 Å². The van der Waals surface area contributed by atoms with Gasteiger partial charge in [-0.25, -0.2) is 0 Å². The normalized spacial score (nSPS) is 15.9. The van der Waals surface area contributed by atoms with E-state index < -0.39 is 22.1 Å². The minimum atomic E-state index is -10.7. The van der Waals surface area contributed by atoms with Crippen molar-refractivity contribution >= 4 is 94.6 Å². The summed E-state index contributed by atoms with van der Waals surface area (Å²) in [5, 5.41) is 11.6. The molecule has 0 N–H and O–H groups in total. The van der Waals surface area contributed by atoms with Crippen LogP contribution in [0.5, 0.6) is 0 Å². The molecular formula is C35H28BCl2F6P3. The topological polar surface area (TPSA) is 0 Å². The Kier molecular flexibility index (Phi) is 9.93. The summed E-state index contributed by atoms with van der Waals surface area (Å²) in [4.78, 5) is 0. The molecule has 0 nitrogen and oxygen atoms in total. The monoisotopic (exact) mass is 736 g/mol. The van der Waals surface area contributed by atoms with Crippen LogP contribution in [0.1, 0.15) is 0 Å². The van der Waals surface area contributed by atoms with Gasteiger partial charge in [0.25, 0.3) is 0 Å². The Morgan fingerprint density at radius 3 is 0.936 bits per heavy atom. The van der Waals surface area contributed by atoms with Gasteiger partial charge in [0.15, 0.2) is 0 Å². The van der Waals surface area contributed by atoms with E-state index in [0.29, 0.717) is 0 Å². The summed E-state index contributed by atoms with van der Waals surface area (Å²) in [5.41, 5.74) is 0. The van der Waals surface area contributed by atoms with Gasteiger partial charge in [0.1, 0.15) is 0 Å². The van der Waals surface area contributed by atoms with Crippen LogP contribution < -0.4 is 31.8 Å². The van der Waals surface area contributed by atoms with E-state index in [1.165, 1.54) is 42.6 Å². The van der Waals surface area contributed by atoms with Crippen LogP contribution in [0, 0.1) is 0 Å². The summed E-state index contributed by atoms with van der Waals surface area (Å²) in [6, 6.07) is 59.0. The molecule has 6 aromatic rings. The van der Waals surface area contributed by atoms with Gasteiger partial charge in [0.05, 0.1) is 42.6 Å². The predicted octanol–water partition coefficient (Wildman–Crippen LogP) is 10.8. The van der Waals surface area contributed by atoms with E-state index in [9.17, 15) is 25.2 Å². The molecule has 2 radical (unpaired) electrons. The molecule has 0 spiro atoms. The molecular weight excluding hydrogens is 709 g/mol. The third kappa shape index (κ3) is 8.05. The summed E-state index contributed by atoms with van der Waals surface area (Å²) in [5.74, 6) is 0. The van der Waals surface area contributed by atoms with Crippen LogP contribution in [0.3, 0.4) is 0 Å². The number of hydrogen-bond donors (Lipinski definition) is 0. The van der Waals surface area contributed by atoms with E-state index in [-0.39, 0.29) is 5.34 Å². The van der Waals surface area contributed by atoms with E-state index in [1.54, 1.807) is 0 Å². The molecule has 0 bridgehead atoms. The van der Waals surface area contributed by atoms with Crippen molar-refractivity contribution in [3.05, 3.63) is 158 Å². The van der Waals surface area contributed by atoms with Gasteiger partial charge in [-0.05, 0) is 66.0 Å². The van der Waals surface area contributed by atoms with E-state index in [1.807, 2.05) is 0 Å². The molecule has 0 amide bonds. The predicted molar refractivity (Wildman–Crippen MR) is 197 cm³/mol. The quantitative estimate of drug-likeness (QED) is 0.0732. The van der Waals surface area contributed by atoms with Crippen molar-refractivity contribution in [3.8, 4) is 0 Å². The molecule has 7 rings (SSSR count). The molecule has 1 aliphatic rings. The van der Waals surface area contributed by atoms with Gasteiger partial charge in [0, 0.05) is 0 Å². The Hall–Kier alpha value is -2.91. The first-order chi connectivity index (χ1) is 22.2. The summed E-state index contributed by atoms with van der Waals surface area (Å²) < 4.78 is 59.2. The first-order valence-electron chi connectivity index (χ1n) is 14.3. The van der Waals surface area contributed by atoms with Gasteiger partial charge < -0.3 is 0 Å². The maximum absolute atomic E-state index is 10.7. The van der Waals surface area contributed by atoms with Gasteiger partial charge in [-0.1, -0.05) is 111 Å². The minimum absolute atomic E-state index is 0.194. The smallest absolute Gasteiger partial charge is 0.0620 e. The number of hydrogen-bond acceptors (Lipinski definition) is 0. The molecule has 12 heteroatoms. The van der Waals surface area contributed by atoms with Gasteiger partial charge in [-0.3, -0.25) is 0 Å². The van der Waals surface area contributed by atoms with E-state index >= 15 is 0 Å². The first-order valence-corrected chi connectivity index (χ1v) is 21.1. The first kappa shape index (κ1) is 35.4. The van der Waals surface area contributed by atoms with Crippen LogP contribution in [0.2, 0.25) is 0 Å². The summed E-state index contributed by atoms with van der Waals surface area (Å²) in [6.07, 6.45) is 0. The molecule has 242 valence electrons. The fourth-order valence-corrected chi connectivity index (χ4v) is 17.5. The Morgan fingerprint density at radius 2 is 0.681 bits per heavy atom. The van der Waals surface area contributed by atoms with Crippen molar-refractivity contribution in [2.24, 2.45) is 0 Å². The van der Waals surface area contributed by atoms with Crippen LogP contribution >= 0.6 is 45.3 Å². The second-order valence-electron chi connectivity index (χ2n) is 10.6. The standard InChI is InChI=1S/C34H26BP2.CH2Cl2.F6P/c1-5-17-28(18-6-1)36(29-19-7-2-8-20-29)32-25-13-15-27-16-14-26-33(34(27)32)37(35-36,30-21-9-3-10-22-30)31-23-11-4-12-24-31;2-1-3;1-7(2,3,4,5)6/h1-26H;1H2;/q+1;;-1. The van der Waals surface area contributed by atoms with Crippen LogP contribution in [-0.4, -0.2) is 12.1 Å². The van der Waals surface area contributed by atoms with Crippen molar-refractivity contribution in [1.82, 2.24) is 0 Å². The maximum Gasteiger partial charge on any atom is 0.206 e. The third-order valence-corrected chi connectivity index (χ3v) is 17.1. The zero-order chi connectivity index (χ0) is 33.8. The second kappa shape index (κ2) is 13.2. The fraction of sp³-hybridized carbons (Fsp3) is 0.0286. The molecule has 0 atom stereocenters. The Balaban J connectivity index is 0.000000382. The van der Waals surface area contributed by atoms with E-state index in [2.05, 4.69) is 164 Å². The minimum Gasteiger partial charge on any atom is -0.0620 e. The van der Waals surface area contributed by atoms with Crippen LogP contribution in [-0.2, 0) is 0 Å². The molecule has 0 saturated carbocycles. The number of halogens is 8. The van der Waals surface area contributed by atoms with Crippen molar-refractivity contribution in [3.63, 3.8) is 0 Å². The number of alkyl halides is 2. The Bertz CT molecular complexity index is 1740. The van der Waals surface area contributed by atoms with Gasteiger partial charge in [-0.2, -0.15) is 0 Å². The zero-order valence-corrected chi connectivity index (χ0v) is 28.9. The molecule has 1 heterocycles.